The van der Waals surface area contributed by atoms with Crippen molar-refractivity contribution in [1.82, 2.24) is 30.2 Å². The average molecular weight is 409 g/mol. The number of carbonyl (C=O) groups is 1. The zero-order valence-corrected chi connectivity index (χ0v) is 17.7. The molecule has 1 saturated heterocycles. The standard InChI is InChI=1S/C22H28N6O2/c1-15-4-6-17(7-5-15)21(28-8-10-30-11-9-28)13-23-22(29)20-12-19(24-25-20)18-14-27(3)26-16(18)2/h4-7,12,14,21H,8-11,13H2,1-3H3,(H,23,29)(H,24,25)/t21-/m0/s1. The predicted molar refractivity (Wildman–Crippen MR) is 114 cm³/mol. The SMILES string of the molecule is Cc1ccc([C@H](CNC(=O)c2cc(-c3cn(C)nc3C)n[nH]2)N2CCOCC2)cc1. The molecule has 1 aromatic carbocycles. The highest BCUT2D eigenvalue weighted by molar-refractivity contribution is 5.93. The molecule has 2 N–H and O–H groups in total. The molecule has 1 amide bonds. The summed E-state index contributed by atoms with van der Waals surface area (Å²) in [6.07, 6.45) is 1.90. The van der Waals surface area contributed by atoms with E-state index in [0.29, 0.717) is 31.1 Å². The molecule has 0 aliphatic carbocycles. The van der Waals surface area contributed by atoms with Crippen molar-refractivity contribution in [1.29, 1.82) is 0 Å². The Hall–Kier alpha value is -2.97. The zero-order valence-electron chi connectivity index (χ0n) is 17.7. The molecule has 1 fully saturated rings. The Balaban J connectivity index is 1.47. The van der Waals surface area contributed by atoms with Crippen LogP contribution < -0.4 is 5.32 Å². The van der Waals surface area contributed by atoms with E-state index in [9.17, 15) is 4.79 Å². The van der Waals surface area contributed by atoms with Crippen LogP contribution in [0.15, 0.2) is 36.5 Å². The third-order valence-electron chi connectivity index (χ3n) is 5.52. The van der Waals surface area contributed by atoms with Gasteiger partial charge in [-0.3, -0.25) is 19.5 Å². The number of hydrogen-bond acceptors (Lipinski definition) is 5. The van der Waals surface area contributed by atoms with Crippen LogP contribution in [-0.2, 0) is 11.8 Å². The second kappa shape index (κ2) is 8.81. The third-order valence-corrected chi connectivity index (χ3v) is 5.52. The van der Waals surface area contributed by atoms with Gasteiger partial charge in [-0.05, 0) is 25.5 Å². The van der Waals surface area contributed by atoms with E-state index in [-0.39, 0.29) is 11.9 Å². The molecule has 8 heteroatoms. The van der Waals surface area contributed by atoms with Crippen LogP contribution >= 0.6 is 0 Å². The molecule has 0 saturated carbocycles. The van der Waals surface area contributed by atoms with Crippen molar-refractivity contribution in [2.45, 2.75) is 19.9 Å². The van der Waals surface area contributed by atoms with Crippen molar-refractivity contribution in [3.8, 4) is 11.3 Å². The second-order valence-corrected chi connectivity index (χ2v) is 7.75. The number of aromatic amines is 1. The molecule has 0 spiro atoms. The minimum atomic E-state index is -0.166. The lowest BCUT2D eigenvalue weighted by Gasteiger charge is -2.35. The van der Waals surface area contributed by atoms with Gasteiger partial charge in [-0.25, -0.2) is 0 Å². The first-order valence-electron chi connectivity index (χ1n) is 10.2. The maximum absolute atomic E-state index is 12.8. The molecule has 4 rings (SSSR count). The summed E-state index contributed by atoms with van der Waals surface area (Å²) in [7, 11) is 1.87. The van der Waals surface area contributed by atoms with Crippen LogP contribution in [0.4, 0.5) is 0 Å². The molecule has 0 radical (unpaired) electrons. The summed E-state index contributed by atoms with van der Waals surface area (Å²) in [6, 6.07) is 10.4. The lowest BCUT2D eigenvalue weighted by atomic mass is 10.0. The Morgan fingerprint density at radius 3 is 2.63 bits per heavy atom. The lowest BCUT2D eigenvalue weighted by molar-refractivity contribution is 0.0162. The fourth-order valence-electron chi connectivity index (χ4n) is 3.85. The molecule has 1 atom stereocenters. The molecule has 2 aromatic heterocycles. The Morgan fingerprint density at radius 2 is 1.97 bits per heavy atom. The largest absolute Gasteiger partial charge is 0.379 e. The van der Waals surface area contributed by atoms with Gasteiger partial charge >= 0.3 is 0 Å². The van der Waals surface area contributed by atoms with Gasteiger partial charge in [-0.1, -0.05) is 29.8 Å². The Morgan fingerprint density at radius 1 is 1.23 bits per heavy atom. The maximum atomic E-state index is 12.8. The Kier molecular flexibility index (Phi) is 5.96. The number of nitrogens with zero attached hydrogens (tertiary/aromatic N) is 4. The van der Waals surface area contributed by atoms with Gasteiger partial charge < -0.3 is 10.1 Å². The fraction of sp³-hybridized carbons (Fsp3) is 0.409. The van der Waals surface area contributed by atoms with Crippen LogP contribution in [0.2, 0.25) is 0 Å². The number of carbonyl (C=O) groups excluding carboxylic acids is 1. The van der Waals surface area contributed by atoms with E-state index in [1.165, 1.54) is 11.1 Å². The van der Waals surface area contributed by atoms with E-state index < -0.39 is 0 Å². The van der Waals surface area contributed by atoms with Crippen LogP contribution in [0.3, 0.4) is 0 Å². The molecule has 30 heavy (non-hydrogen) atoms. The molecule has 0 bridgehead atoms. The van der Waals surface area contributed by atoms with Crippen LogP contribution in [-0.4, -0.2) is 63.6 Å². The highest BCUT2D eigenvalue weighted by atomic mass is 16.5. The lowest BCUT2D eigenvalue weighted by Crippen LogP contribution is -2.43. The van der Waals surface area contributed by atoms with Crippen LogP contribution in [0.5, 0.6) is 0 Å². The highest BCUT2D eigenvalue weighted by Crippen LogP contribution is 2.23. The molecule has 3 heterocycles. The quantitative estimate of drug-likeness (QED) is 0.653. The molecule has 1 aliphatic rings. The van der Waals surface area contributed by atoms with Gasteiger partial charge in [-0.2, -0.15) is 10.2 Å². The predicted octanol–water partition coefficient (Wildman–Crippen LogP) is 2.23. The number of aromatic nitrogens is 4. The normalized spacial score (nSPS) is 15.8. The maximum Gasteiger partial charge on any atom is 0.269 e. The van der Waals surface area contributed by atoms with E-state index in [1.807, 2.05) is 20.2 Å². The van der Waals surface area contributed by atoms with Crippen LogP contribution in [0.25, 0.3) is 11.3 Å². The van der Waals surface area contributed by atoms with Crippen molar-refractivity contribution < 1.29 is 9.53 Å². The van der Waals surface area contributed by atoms with E-state index >= 15 is 0 Å². The minimum Gasteiger partial charge on any atom is -0.379 e. The number of aryl methyl sites for hydroxylation is 3. The van der Waals surface area contributed by atoms with Crippen LogP contribution in [0.1, 0.15) is 33.4 Å². The molecule has 1 aliphatic heterocycles. The molecule has 8 nitrogen and oxygen atoms in total. The number of hydrogen-bond donors (Lipinski definition) is 2. The number of rotatable bonds is 6. The van der Waals surface area contributed by atoms with Crippen LogP contribution in [0, 0.1) is 13.8 Å². The first kappa shape index (κ1) is 20.3. The van der Waals surface area contributed by atoms with Crippen molar-refractivity contribution >= 4 is 5.91 Å². The second-order valence-electron chi connectivity index (χ2n) is 7.75. The molecular formula is C22H28N6O2. The number of morpholine rings is 1. The first-order chi connectivity index (χ1) is 14.5. The van der Waals surface area contributed by atoms with Gasteiger partial charge in [0.2, 0.25) is 0 Å². The number of nitrogens with one attached hydrogen (secondary N) is 2. The Bertz CT molecular complexity index is 1000. The van der Waals surface area contributed by atoms with E-state index in [4.69, 9.17) is 4.74 Å². The summed E-state index contributed by atoms with van der Waals surface area (Å²) in [4.78, 5) is 15.2. The number of amides is 1. The summed E-state index contributed by atoms with van der Waals surface area (Å²) in [5.74, 6) is -0.166. The summed E-state index contributed by atoms with van der Waals surface area (Å²) in [6.45, 7) is 7.65. The molecule has 0 unspecified atom stereocenters. The number of benzene rings is 1. The molecular weight excluding hydrogens is 380 g/mol. The summed E-state index contributed by atoms with van der Waals surface area (Å²) in [5.41, 5.74) is 5.37. The minimum absolute atomic E-state index is 0.0985. The molecule has 3 aromatic rings. The third kappa shape index (κ3) is 4.44. The van der Waals surface area contributed by atoms with Crippen molar-refractivity contribution in [2.75, 3.05) is 32.8 Å². The summed E-state index contributed by atoms with van der Waals surface area (Å²) in [5, 5.41) is 14.6. The monoisotopic (exact) mass is 408 g/mol. The molecule has 158 valence electrons. The van der Waals surface area contributed by atoms with Gasteiger partial charge in [0.15, 0.2) is 0 Å². The summed E-state index contributed by atoms with van der Waals surface area (Å²) < 4.78 is 7.25. The van der Waals surface area contributed by atoms with Gasteiger partial charge in [0.1, 0.15) is 5.69 Å². The van der Waals surface area contributed by atoms with Crippen molar-refractivity contribution in [3.63, 3.8) is 0 Å². The van der Waals surface area contributed by atoms with E-state index in [0.717, 1.165) is 24.3 Å². The number of ether oxygens (including phenoxy) is 1. The smallest absolute Gasteiger partial charge is 0.269 e. The van der Waals surface area contributed by atoms with E-state index in [1.54, 1.807) is 10.7 Å². The summed E-state index contributed by atoms with van der Waals surface area (Å²) >= 11 is 0. The topological polar surface area (TPSA) is 88.1 Å². The van der Waals surface area contributed by atoms with Crippen molar-refractivity contribution in [3.05, 3.63) is 59.0 Å². The van der Waals surface area contributed by atoms with Gasteiger partial charge in [0.05, 0.1) is 30.6 Å². The average Bonchev–Trinajstić information content (AvgIpc) is 3.36. The van der Waals surface area contributed by atoms with Gasteiger partial charge in [0, 0.05) is 38.4 Å². The first-order valence-corrected chi connectivity index (χ1v) is 10.2. The van der Waals surface area contributed by atoms with E-state index in [2.05, 4.69) is 56.7 Å². The number of H-pyrrole nitrogens is 1. The van der Waals surface area contributed by atoms with Crippen molar-refractivity contribution in [2.24, 2.45) is 7.05 Å². The highest BCUT2D eigenvalue weighted by Gasteiger charge is 2.24. The van der Waals surface area contributed by atoms with Gasteiger partial charge in [-0.15, -0.1) is 0 Å². The zero-order chi connectivity index (χ0) is 21.1. The fourth-order valence-corrected chi connectivity index (χ4v) is 3.85. The Labute approximate surface area is 176 Å². The van der Waals surface area contributed by atoms with Gasteiger partial charge in [0.25, 0.3) is 5.91 Å².